The van der Waals surface area contributed by atoms with E-state index in [0.29, 0.717) is 51.4 Å². The van der Waals surface area contributed by atoms with E-state index in [1.807, 2.05) is 0 Å². The highest BCUT2D eigenvalue weighted by Gasteiger charge is 2.30. The summed E-state index contributed by atoms with van der Waals surface area (Å²) in [6.45, 7) is 8.66. The molecule has 0 spiro atoms. The van der Waals surface area contributed by atoms with Crippen LogP contribution in [0.3, 0.4) is 0 Å². The highest BCUT2D eigenvalue weighted by atomic mass is 19.1. The van der Waals surface area contributed by atoms with Gasteiger partial charge in [0.15, 0.2) is 0 Å². The summed E-state index contributed by atoms with van der Waals surface area (Å²) < 4.78 is 18.8. The Morgan fingerprint density at radius 3 is 2.55 bits per heavy atom. The number of fused-ring (bicyclic) bond motifs is 2. The molecule has 1 unspecified atom stereocenters. The summed E-state index contributed by atoms with van der Waals surface area (Å²) in [5.74, 6) is 0.780. The van der Waals surface area contributed by atoms with Gasteiger partial charge in [-0.05, 0) is 62.9 Å². The van der Waals surface area contributed by atoms with Crippen molar-refractivity contribution in [2.75, 3.05) is 69.4 Å². The van der Waals surface area contributed by atoms with Crippen LogP contribution in [0, 0.1) is 18.3 Å². The lowest BCUT2D eigenvalue weighted by molar-refractivity contribution is -0.126. The maximum Gasteiger partial charge on any atom is 0.318 e. The second-order valence-electron chi connectivity index (χ2n) is 11.6. The minimum atomic E-state index is -0.631. The van der Waals surface area contributed by atoms with Crippen molar-refractivity contribution in [1.82, 2.24) is 19.8 Å². The summed E-state index contributed by atoms with van der Waals surface area (Å²) in [6.07, 6.45) is 5.73. The Balaban J connectivity index is 0.00000123. The fourth-order valence-electron chi connectivity index (χ4n) is 6.44. The van der Waals surface area contributed by atoms with Crippen LogP contribution in [-0.2, 0) is 17.8 Å². The van der Waals surface area contributed by atoms with E-state index in [1.54, 1.807) is 11.0 Å². The van der Waals surface area contributed by atoms with Gasteiger partial charge in [0.05, 0.1) is 18.3 Å². The van der Waals surface area contributed by atoms with Crippen molar-refractivity contribution in [2.45, 2.75) is 45.7 Å². The van der Waals surface area contributed by atoms with Gasteiger partial charge in [-0.1, -0.05) is 30.3 Å². The minimum absolute atomic E-state index is 0.141. The lowest BCUT2D eigenvalue weighted by Crippen LogP contribution is -2.49. The van der Waals surface area contributed by atoms with Crippen LogP contribution in [-0.4, -0.2) is 91.3 Å². The zero-order valence-corrected chi connectivity index (χ0v) is 26.0. The Morgan fingerprint density at radius 2 is 1.84 bits per heavy atom. The van der Waals surface area contributed by atoms with E-state index in [1.165, 1.54) is 53.1 Å². The van der Waals surface area contributed by atoms with Crippen LogP contribution in [0.4, 0.5) is 15.9 Å². The Hall–Kier alpha value is -4.23. The van der Waals surface area contributed by atoms with Gasteiger partial charge in [0.25, 0.3) is 0 Å². The second kappa shape index (κ2) is 14.5. The van der Waals surface area contributed by atoms with Crippen molar-refractivity contribution in [3.05, 3.63) is 65.4 Å². The van der Waals surface area contributed by atoms with Gasteiger partial charge in [0, 0.05) is 68.4 Å². The Bertz CT molecular complexity index is 1520. The lowest BCUT2D eigenvalue weighted by Gasteiger charge is -2.38. The molecule has 4 heterocycles. The molecule has 9 nitrogen and oxygen atoms in total. The van der Waals surface area contributed by atoms with E-state index in [2.05, 4.69) is 65.1 Å². The zero-order valence-electron chi connectivity index (χ0n) is 26.0. The maximum atomic E-state index is 12.5. The number of allylic oxidation sites excluding steroid dienone is 1. The fraction of sp³-hybridized carbons (Fsp3) is 0.471. The first kappa shape index (κ1) is 31.2. The molecule has 0 radical (unpaired) electrons. The van der Waals surface area contributed by atoms with Gasteiger partial charge in [0.2, 0.25) is 5.91 Å². The standard InChI is InChI=1S/C32H39FN6O2.C2H3N/c1-23-7-3-8-24-9-4-11-28(30(23)24)39-16-13-26-27(21-39)34-32(41-22-25-10-6-15-36(25)2)35-31(26)38-19-17-37(18-20-38)29(40)12-5-14-33;1-2-3/h3-5,7-9,11-12,25H,6,10,13-22H2,1-2H3;1H3/b12-5+;. The molecule has 3 aliphatic rings. The monoisotopic (exact) mass is 599 g/mol. The number of piperazine rings is 1. The predicted octanol–water partition coefficient (Wildman–Crippen LogP) is 4.68. The number of aromatic nitrogens is 2. The van der Waals surface area contributed by atoms with Crippen molar-refractivity contribution in [2.24, 2.45) is 0 Å². The number of rotatable bonds is 7. The zero-order chi connectivity index (χ0) is 31.1. The summed E-state index contributed by atoms with van der Waals surface area (Å²) in [7, 11) is 2.15. The largest absolute Gasteiger partial charge is 0.462 e. The number of ether oxygens (including phenoxy) is 1. The van der Waals surface area contributed by atoms with Crippen molar-refractivity contribution in [1.29, 1.82) is 5.26 Å². The first-order valence-corrected chi connectivity index (χ1v) is 15.5. The number of nitriles is 1. The van der Waals surface area contributed by atoms with Gasteiger partial charge in [-0.2, -0.15) is 15.2 Å². The highest BCUT2D eigenvalue weighted by molar-refractivity contribution is 5.97. The summed E-state index contributed by atoms with van der Waals surface area (Å²) in [4.78, 5) is 31.2. The first-order chi connectivity index (χ1) is 21.4. The van der Waals surface area contributed by atoms with Crippen molar-refractivity contribution < 1.29 is 13.9 Å². The van der Waals surface area contributed by atoms with Gasteiger partial charge in [-0.25, -0.2) is 4.39 Å². The Morgan fingerprint density at radius 1 is 1.09 bits per heavy atom. The van der Waals surface area contributed by atoms with Crippen LogP contribution in [0.15, 0.2) is 48.6 Å². The number of likely N-dealkylation sites (tertiary alicyclic amines) is 1. The summed E-state index contributed by atoms with van der Waals surface area (Å²) >= 11 is 0. The smallest absolute Gasteiger partial charge is 0.318 e. The molecule has 0 N–H and O–H groups in total. The number of likely N-dealkylation sites (N-methyl/N-ethyl adjacent to an activating group) is 1. The van der Waals surface area contributed by atoms with Crippen molar-refractivity contribution in [3.8, 4) is 12.1 Å². The SMILES string of the molecule is CC#N.Cc1cccc2cccc(N3CCc4c(nc(OCC5CCCN5C)nc4N4CCN(C(=O)/C=C/CF)CC4)C3)c12. The molecule has 1 aromatic heterocycles. The Kier molecular flexibility index (Phi) is 10.3. The third-order valence-corrected chi connectivity index (χ3v) is 8.77. The molecule has 3 aliphatic heterocycles. The highest BCUT2D eigenvalue weighted by Crippen LogP contribution is 2.35. The van der Waals surface area contributed by atoms with Gasteiger partial charge in [-0.3, -0.25) is 4.79 Å². The molecule has 2 fully saturated rings. The van der Waals surface area contributed by atoms with E-state index in [0.717, 1.165) is 37.4 Å². The summed E-state index contributed by atoms with van der Waals surface area (Å²) in [6, 6.07) is 15.5. The predicted molar refractivity (Wildman–Crippen MR) is 172 cm³/mol. The third-order valence-electron chi connectivity index (χ3n) is 8.77. The van der Waals surface area contributed by atoms with E-state index in [4.69, 9.17) is 20.0 Å². The van der Waals surface area contributed by atoms with Crippen LogP contribution in [0.25, 0.3) is 10.8 Å². The third kappa shape index (κ3) is 6.94. The number of hydrogen-bond acceptors (Lipinski definition) is 8. The van der Waals surface area contributed by atoms with Crippen LogP contribution in [0.1, 0.15) is 36.6 Å². The van der Waals surface area contributed by atoms with Gasteiger partial charge >= 0.3 is 6.01 Å². The summed E-state index contributed by atoms with van der Waals surface area (Å²) in [5, 5.41) is 9.85. The second-order valence-corrected chi connectivity index (χ2v) is 11.6. The molecule has 1 amide bonds. The van der Waals surface area contributed by atoms with Crippen LogP contribution >= 0.6 is 0 Å². The molecular weight excluding hydrogens is 557 g/mol. The Labute approximate surface area is 259 Å². The molecule has 232 valence electrons. The van der Waals surface area contributed by atoms with Crippen LogP contribution in [0.2, 0.25) is 0 Å². The molecule has 2 saturated heterocycles. The number of hydrogen-bond donors (Lipinski definition) is 0. The molecular formula is C34H42FN7O2. The normalized spacial score (nSPS) is 18.6. The number of anilines is 2. The maximum absolute atomic E-state index is 12.5. The van der Waals surface area contributed by atoms with Gasteiger partial charge < -0.3 is 24.3 Å². The molecule has 0 bridgehead atoms. The number of amides is 1. The number of carbonyl (C=O) groups excluding carboxylic acids is 1. The molecule has 10 heteroatoms. The minimum Gasteiger partial charge on any atom is -0.462 e. The molecule has 6 rings (SSSR count). The number of benzene rings is 2. The first-order valence-electron chi connectivity index (χ1n) is 15.5. The van der Waals surface area contributed by atoms with E-state index < -0.39 is 6.67 Å². The van der Waals surface area contributed by atoms with E-state index in [9.17, 15) is 9.18 Å². The molecule has 0 aliphatic carbocycles. The molecule has 44 heavy (non-hydrogen) atoms. The number of halogens is 1. The molecule has 1 atom stereocenters. The number of carbonyl (C=O) groups is 1. The van der Waals surface area contributed by atoms with E-state index in [-0.39, 0.29) is 5.91 Å². The van der Waals surface area contributed by atoms with Crippen molar-refractivity contribution >= 4 is 28.2 Å². The average molecular weight is 600 g/mol. The average Bonchev–Trinajstić information content (AvgIpc) is 3.46. The van der Waals surface area contributed by atoms with Gasteiger partial charge in [-0.15, -0.1) is 0 Å². The molecule has 3 aromatic rings. The molecule has 0 saturated carbocycles. The quantitative estimate of drug-likeness (QED) is 0.362. The number of nitrogens with zero attached hydrogens (tertiary/aromatic N) is 7. The van der Waals surface area contributed by atoms with Crippen molar-refractivity contribution in [3.63, 3.8) is 0 Å². The van der Waals surface area contributed by atoms with Crippen LogP contribution in [0.5, 0.6) is 6.01 Å². The fourth-order valence-corrected chi connectivity index (χ4v) is 6.44. The van der Waals surface area contributed by atoms with E-state index >= 15 is 0 Å². The molecule has 2 aromatic carbocycles. The number of aryl methyl sites for hydroxylation is 1. The van der Waals surface area contributed by atoms with Gasteiger partial charge in [0.1, 0.15) is 19.1 Å². The summed E-state index contributed by atoms with van der Waals surface area (Å²) in [5.41, 5.74) is 4.67. The number of alkyl halides is 1. The lowest BCUT2D eigenvalue weighted by atomic mass is 9.99. The topological polar surface area (TPSA) is 88.8 Å². The van der Waals surface area contributed by atoms with Crippen LogP contribution < -0.4 is 14.5 Å².